The zero-order valence-electron chi connectivity index (χ0n) is 11.9. The summed E-state index contributed by atoms with van der Waals surface area (Å²) in [6.45, 7) is 1.95. The fraction of sp³-hybridized carbons (Fsp3) is 0.250. The smallest absolute Gasteiger partial charge is 0.161 e. The molecule has 0 saturated heterocycles. The third kappa shape index (κ3) is 3.33. The zero-order valence-corrected chi connectivity index (χ0v) is 14.3. The van der Waals surface area contributed by atoms with E-state index < -0.39 is 5.38 Å². The van der Waals surface area contributed by atoms with Gasteiger partial charge in [0.2, 0.25) is 0 Å². The van der Waals surface area contributed by atoms with Gasteiger partial charge >= 0.3 is 0 Å². The maximum Gasteiger partial charge on any atom is 0.161 e. The molecule has 2 aromatic carbocycles. The number of alkyl halides is 1. The molecule has 0 heterocycles. The van der Waals surface area contributed by atoms with Crippen molar-refractivity contribution in [2.75, 3.05) is 14.2 Å². The zero-order chi connectivity index (χ0) is 15.6. The second-order valence-electron chi connectivity index (χ2n) is 4.59. The summed E-state index contributed by atoms with van der Waals surface area (Å²) >= 11 is 9.92. The highest BCUT2D eigenvalue weighted by atomic mass is 79.9. The van der Waals surface area contributed by atoms with Crippen LogP contribution >= 0.6 is 27.5 Å². The van der Waals surface area contributed by atoms with E-state index >= 15 is 0 Å². The van der Waals surface area contributed by atoms with Gasteiger partial charge in [0.25, 0.3) is 0 Å². The fourth-order valence-electron chi connectivity index (χ4n) is 2.14. The van der Waals surface area contributed by atoms with Gasteiger partial charge < -0.3 is 9.47 Å². The van der Waals surface area contributed by atoms with Gasteiger partial charge in [-0.15, -0.1) is 11.6 Å². The van der Waals surface area contributed by atoms with Crippen molar-refractivity contribution in [2.24, 2.45) is 0 Å². The van der Waals surface area contributed by atoms with Crippen LogP contribution in [0, 0.1) is 12.7 Å². The molecule has 5 heteroatoms. The minimum absolute atomic E-state index is 0.307. The maximum atomic E-state index is 13.2. The van der Waals surface area contributed by atoms with E-state index in [2.05, 4.69) is 15.9 Å². The number of aryl methyl sites for hydroxylation is 1. The Morgan fingerprint density at radius 2 is 1.67 bits per heavy atom. The summed E-state index contributed by atoms with van der Waals surface area (Å²) in [6, 6.07) is 8.20. The van der Waals surface area contributed by atoms with Crippen molar-refractivity contribution in [3.8, 4) is 11.5 Å². The van der Waals surface area contributed by atoms with E-state index in [0.717, 1.165) is 16.7 Å². The van der Waals surface area contributed by atoms with Crippen LogP contribution in [0.4, 0.5) is 4.39 Å². The summed E-state index contributed by atoms with van der Waals surface area (Å²) in [6.07, 6.45) is 0. The van der Waals surface area contributed by atoms with Gasteiger partial charge in [-0.25, -0.2) is 4.39 Å². The topological polar surface area (TPSA) is 18.5 Å². The number of benzene rings is 2. The van der Waals surface area contributed by atoms with Crippen molar-refractivity contribution in [1.29, 1.82) is 0 Å². The summed E-state index contributed by atoms with van der Waals surface area (Å²) in [7, 11) is 3.17. The number of rotatable bonds is 4. The van der Waals surface area contributed by atoms with Gasteiger partial charge in [-0.3, -0.25) is 0 Å². The lowest BCUT2D eigenvalue weighted by atomic mass is 9.99. The Morgan fingerprint density at radius 1 is 1.05 bits per heavy atom. The van der Waals surface area contributed by atoms with Crippen LogP contribution in [0.2, 0.25) is 0 Å². The molecule has 21 heavy (non-hydrogen) atoms. The molecule has 0 aliphatic carbocycles. The van der Waals surface area contributed by atoms with E-state index in [1.165, 1.54) is 12.1 Å². The Labute approximate surface area is 137 Å². The first-order chi connectivity index (χ1) is 9.97. The van der Waals surface area contributed by atoms with Crippen LogP contribution in [-0.2, 0) is 0 Å². The molecule has 0 aromatic heterocycles. The summed E-state index contributed by atoms with van der Waals surface area (Å²) in [4.78, 5) is 0. The van der Waals surface area contributed by atoms with E-state index in [9.17, 15) is 4.39 Å². The molecule has 0 spiro atoms. The number of methoxy groups -OCH3 is 2. The van der Waals surface area contributed by atoms with Crippen molar-refractivity contribution < 1.29 is 13.9 Å². The van der Waals surface area contributed by atoms with Gasteiger partial charge in [-0.1, -0.05) is 22.0 Å². The number of hydrogen-bond acceptors (Lipinski definition) is 2. The Morgan fingerprint density at radius 3 is 2.24 bits per heavy atom. The molecule has 1 unspecified atom stereocenters. The average molecular weight is 374 g/mol. The van der Waals surface area contributed by atoms with E-state index in [1.54, 1.807) is 20.3 Å². The van der Waals surface area contributed by atoms with Gasteiger partial charge in [0, 0.05) is 4.47 Å². The summed E-state index contributed by atoms with van der Waals surface area (Å²) in [5.41, 5.74) is 2.67. The first-order valence-electron chi connectivity index (χ1n) is 6.29. The van der Waals surface area contributed by atoms with Crippen LogP contribution in [0.25, 0.3) is 0 Å². The minimum atomic E-state index is -0.417. The maximum absolute atomic E-state index is 13.2. The monoisotopic (exact) mass is 372 g/mol. The van der Waals surface area contributed by atoms with Gasteiger partial charge in [-0.05, 0) is 47.9 Å². The van der Waals surface area contributed by atoms with Crippen molar-refractivity contribution in [3.05, 3.63) is 57.3 Å². The molecule has 0 saturated carbocycles. The standard InChI is InChI=1S/C16H15BrClFO2/c1-9-6-14(20-2)15(21-3)8-12(9)16(18)11-5-4-10(19)7-13(11)17/h4-8,16H,1-3H3. The van der Waals surface area contributed by atoms with E-state index in [1.807, 2.05) is 19.1 Å². The van der Waals surface area contributed by atoms with Crippen LogP contribution in [-0.4, -0.2) is 14.2 Å². The Kier molecular flexibility index (Phi) is 5.12. The van der Waals surface area contributed by atoms with E-state index in [0.29, 0.717) is 16.0 Å². The second-order valence-corrected chi connectivity index (χ2v) is 5.88. The van der Waals surface area contributed by atoms with Gasteiger partial charge in [0.05, 0.1) is 19.6 Å². The predicted octanol–water partition coefficient (Wildman–Crippen LogP) is 5.24. The minimum Gasteiger partial charge on any atom is -0.493 e. The van der Waals surface area contributed by atoms with Crippen LogP contribution in [0.15, 0.2) is 34.8 Å². The molecule has 0 bridgehead atoms. The second kappa shape index (κ2) is 6.67. The highest BCUT2D eigenvalue weighted by Gasteiger charge is 2.19. The van der Waals surface area contributed by atoms with E-state index in [-0.39, 0.29) is 5.82 Å². The van der Waals surface area contributed by atoms with Crippen LogP contribution in [0.1, 0.15) is 22.1 Å². The molecule has 0 amide bonds. The van der Waals surface area contributed by atoms with Gasteiger partial charge in [-0.2, -0.15) is 0 Å². The van der Waals surface area contributed by atoms with Gasteiger partial charge in [0.15, 0.2) is 11.5 Å². The van der Waals surface area contributed by atoms with Gasteiger partial charge in [0.1, 0.15) is 5.82 Å². The largest absolute Gasteiger partial charge is 0.493 e. The molecule has 2 nitrogen and oxygen atoms in total. The fourth-order valence-corrected chi connectivity index (χ4v) is 3.28. The highest BCUT2D eigenvalue weighted by Crippen LogP contribution is 2.40. The first-order valence-corrected chi connectivity index (χ1v) is 7.52. The third-order valence-electron chi connectivity index (χ3n) is 3.28. The quantitative estimate of drug-likeness (QED) is 0.682. The molecule has 0 N–H and O–H groups in total. The lowest BCUT2D eigenvalue weighted by Gasteiger charge is -2.18. The molecule has 1 atom stereocenters. The third-order valence-corrected chi connectivity index (χ3v) is 4.44. The number of halogens is 3. The van der Waals surface area contributed by atoms with E-state index in [4.69, 9.17) is 21.1 Å². The SMILES string of the molecule is COc1cc(C)c(C(Cl)c2ccc(F)cc2Br)cc1OC. The molecule has 0 aliphatic heterocycles. The van der Waals surface area contributed by atoms with Crippen molar-refractivity contribution >= 4 is 27.5 Å². The number of ether oxygens (including phenoxy) is 2. The molecular formula is C16H15BrClFO2. The first kappa shape index (κ1) is 16.1. The van der Waals surface area contributed by atoms with Crippen LogP contribution in [0.3, 0.4) is 0 Å². The molecule has 0 radical (unpaired) electrons. The summed E-state index contributed by atoms with van der Waals surface area (Å²) in [5, 5.41) is -0.417. The Bertz CT molecular complexity index is 661. The lowest BCUT2D eigenvalue weighted by molar-refractivity contribution is 0.354. The van der Waals surface area contributed by atoms with Crippen molar-refractivity contribution in [2.45, 2.75) is 12.3 Å². The van der Waals surface area contributed by atoms with Crippen molar-refractivity contribution in [3.63, 3.8) is 0 Å². The summed E-state index contributed by atoms with van der Waals surface area (Å²) < 4.78 is 24.4. The molecule has 0 fully saturated rings. The Balaban J connectivity index is 2.50. The molecule has 112 valence electrons. The normalized spacial score (nSPS) is 12.1. The van der Waals surface area contributed by atoms with Crippen molar-refractivity contribution in [1.82, 2.24) is 0 Å². The molecular weight excluding hydrogens is 359 g/mol. The molecule has 0 aliphatic rings. The van der Waals surface area contributed by atoms with Crippen LogP contribution in [0.5, 0.6) is 11.5 Å². The Hall–Kier alpha value is -1.26. The lowest BCUT2D eigenvalue weighted by Crippen LogP contribution is -2.00. The molecule has 2 rings (SSSR count). The predicted molar refractivity (Wildman–Crippen MR) is 86.1 cm³/mol. The van der Waals surface area contributed by atoms with Crippen LogP contribution < -0.4 is 9.47 Å². The number of hydrogen-bond donors (Lipinski definition) is 0. The average Bonchev–Trinajstić information content (AvgIpc) is 2.46. The summed E-state index contributed by atoms with van der Waals surface area (Å²) in [5.74, 6) is 0.960. The highest BCUT2D eigenvalue weighted by molar-refractivity contribution is 9.10. The molecule has 2 aromatic rings.